The van der Waals surface area contributed by atoms with Crippen molar-refractivity contribution < 1.29 is 29.1 Å². The Morgan fingerprint density at radius 3 is 2.32 bits per heavy atom. The van der Waals surface area contributed by atoms with Gasteiger partial charge < -0.3 is 37.4 Å². The van der Waals surface area contributed by atoms with E-state index in [1.807, 2.05) is 83.5 Å². The zero-order chi connectivity index (χ0) is 40.4. The number of thiazole rings is 1. The number of hydrogen-bond acceptors (Lipinski definition) is 9. The van der Waals surface area contributed by atoms with Crippen molar-refractivity contribution in [2.75, 3.05) is 11.9 Å². The molecule has 1 aromatic heterocycles. The fourth-order valence-electron chi connectivity index (χ4n) is 6.77. The molecule has 5 amide bonds. The fraction of sp³-hybridized carbons (Fsp3) is 0.512. The molecular formula is C41H58ClN7O6S. The number of rotatable bonds is 17. The number of halogens is 1. The van der Waals surface area contributed by atoms with E-state index in [1.54, 1.807) is 17.4 Å². The molecule has 13 nitrogen and oxygen atoms in total. The predicted molar refractivity (Wildman–Crippen MR) is 222 cm³/mol. The van der Waals surface area contributed by atoms with Crippen LogP contribution >= 0.6 is 23.7 Å². The van der Waals surface area contributed by atoms with Gasteiger partial charge in [0.2, 0.25) is 29.5 Å². The quantitative estimate of drug-likeness (QED) is 0.104. The number of aryl methyl sites for hydroxylation is 2. The van der Waals surface area contributed by atoms with Gasteiger partial charge in [-0.15, -0.1) is 23.7 Å². The Bertz CT molecular complexity index is 1830. The molecule has 0 saturated carbocycles. The number of nitrogens with zero attached hydrogens (tertiary/aromatic N) is 2. The molecule has 3 aromatic rings. The van der Waals surface area contributed by atoms with Gasteiger partial charge in [-0.3, -0.25) is 24.0 Å². The number of nitrogens with two attached hydrogens (primary N) is 2. The maximum absolute atomic E-state index is 14.0. The normalized spacial score (nSPS) is 17.0. The summed E-state index contributed by atoms with van der Waals surface area (Å²) < 4.78 is 0. The zero-order valence-electron chi connectivity index (χ0n) is 33.2. The van der Waals surface area contributed by atoms with Gasteiger partial charge in [-0.2, -0.15) is 0 Å². The third-order valence-corrected chi connectivity index (χ3v) is 11.1. The second-order valence-electron chi connectivity index (χ2n) is 15.6. The van der Waals surface area contributed by atoms with Crippen LogP contribution < -0.4 is 27.4 Å². The molecule has 0 radical (unpaired) electrons. The second-order valence-corrected chi connectivity index (χ2v) is 16.5. The number of hydrogen-bond donors (Lipinski definition) is 6. The van der Waals surface area contributed by atoms with Gasteiger partial charge >= 0.3 is 0 Å². The molecule has 5 atom stereocenters. The van der Waals surface area contributed by atoms with Crippen LogP contribution in [-0.4, -0.2) is 75.3 Å². The summed E-state index contributed by atoms with van der Waals surface area (Å²) in [6, 6.07) is 10.6. The minimum atomic E-state index is -0.898. The SMILES string of the molecule is Cc1ncsc1-c1ccc([C@H](C)NC(=O)[C@@H]2C[C@@H](O)CN2C(=O)[C@@H](NC(=O)CCCCCc2cccc(NC(=O)[C@@H](N)CCC(N)=O)c2C)C(C)(C)C)cc1.Cl. The van der Waals surface area contributed by atoms with E-state index in [-0.39, 0.29) is 68.4 Å². The molecule has 1 saturated heterocycles. The highest BCUT2D eigenvalue weighted by atomic mass is 35.5. The summed E-state index contributed by atoms with van der Waals surface area (Å²) in [5.41, 5.74) is 17.8. The van der Waals surface area contributed by atoms with E-state index in [0.717, 1.165) is 52.1 Å². The van der Waals surface area contributed by atoms with Crippen molar-refractivity contribution in [2.45, 2.75) is 123 Å². The van der Waals surface area contributed by atoms with Gasteiger partial charge in [-0.25, -0.2) is 4.98 Å². The number of aliphatic hydroxyl groups excluding tert-OH is 1. The average molecular weight is 812 g/mol. The molecule has 0 bridgehead atoms. The summed E-state index contributed by atoms with van der Waals surface area (Å²) >= 11 is 1.57. The molecule has 15 heteroatoms. The number of likely N-dealkylation sites (tertiary alicyclic amines) is 1. The molecule has 1 aliphatic heterocycles. The van der Waals surface area contributed by atoms with E-state index in [0.29, 0.717) is 12.1 Å². The number of carbonyl (C=O) groups excluding carboxylic acids is 5. The third-order valence-electron chi connectivity index (χ3n) is 10.2. The lowest BCUT2D eigenvalue weighted by Gasteiger charge is -2.35. The molecule has 56 heavy (non-hydrogen) atoms. The first-order valence-electron chi connectivity index (χ1n) is 19.0. The number of aliphatic hydroxyl groups is 1. The van der Waals surface area contributed by atoms with E-state index in [2.05, 4.69) is 20.9 Å². The highest BCUT2D eigenvalue weighted by molar-refractivity contribution is 7.13. The highest BCUT2D eigenvalue weighted by Gasteiger charge is 2.44. The number of anilines is 1. The average Bonchev–Trinajstić information content (AvgIpc) is 3.75. The fourth-order valence-corrected chi connectivity index (χ4v) is 7.58. The van der Waals surface area contributed by atoms with Gasteiger partial charge in [0.15, 0.2) is 0 Å². The number of nitrogens with one attached hydrogen (secondary N) is 3. The molecule has 8 N–H and O–H groups in total. The van der Waals surface area contributed by atoms with Gasteiger partial charge in [0.1, 0.15) is 12.1 Å². The first-order valence-corrected chi connectivity index (χ1v) is 19.9. The van der Waals surface area contributed by atoms with Crippen LogP contribution in [-0.2, 0) is 30.4 Å². The van der Waals surface area contributed by atoms with E-state index < -0.39 is 41.5 Å². The molecule has 1 fully saturated rings. The van der Waals surface area contributed by atoms with Gasteiger partial charge in [-0.1, -0.05) is 63.6 Å². The monoisotopic (exact) mass is 811 g/mol. The first-order chi connectivity index (χ1) is 26.0. The molecule has 0 aliphatic carbocycles. The van der Waals surface area contributed by atoms with Gasteiger partial charge in [-0.05, 0) is 80.2 Å². The summed E-state index contributed by atoms with van der Waals surface area (Å²) in [6.45, 7) is 11.4. The largest absolute Gasteiger partial charge is 0.391 e. The Balaban J connectivity index is 0.00000841. The van der Waals surface area contributed by atoms with Crippen molar-refractivity contribution in [3.8, 4) is 10.4 Å². The van der Waals surface area contributed by atoms with Crippen molar-refractivity contribution in [3.05, 3.63) is 70.4 Å². The van der Waals surface area contributed by atoms with Crippen LogP contribution in [0.2, 0.25) is 0 Å². The van der Waals surface area contributed by atoms with Crippen molar-refractivity contribution in [2.24, 2.45) is 16.9 Å². The van der Waals surface area contributed by atoms with E-state index >= 15 is 0 Å². The summed E-state index contributed by atoms with van der Waals surface area (Å²) in [4.78, 5) is 71.2. The maximum Gasteiger partial charge on any atom is 0.246 e. The molecule has 4 rings (SSSR count). The minimum absolute atomic E-state index is 0. The van der Waals surface area contributed by atoms with Crippen LogP contribution in [0.15, 0.2) is 48.0 Å². The van der Waals surface area contributed by atoms with Crippen LogP contribution in [0.25, 0.3) is 10.4 Å². The molecule has 0 unspecified atom stereocenters. The van der Waals surface area contributed by atoms with Crippen LogP contribution in [0.5, 0.6) is 0 Å². The maximum atomic E-state index is 14.0. The molecular weight excluding hydrogens is 754 g/mol. The molecule has 306 valence electrons. The lowest BCUT2D eigenvalue weighted by atomic mass is 9.85. The smallest absolute Gasteiger partial charge is 0.246 e. The lowest BCUT2D eigenvalue weighted by molar-refractivity contribution is -0.144. The van der Waals surface area contributed by atoms with E-state index in [9.17, 15) is 29.1 Å². The molecule has 2 aromatic carbocycles. The predicted octanol–water partition coefficient (Wildman–Crippen LogP) is 4.85. The van der Waals surface area contributed by atoms with Gasteiger partial charge in [0.05, 0.1) is 34.3 Å². The molecule has 0 spiro atoms. The number of aromatic nitrogens is 1. The van der Waals surface area contributed by atoms with E-state index in [1.165, 1.54) is 4.90 Å². The Morgan fingerprint density at radius 1 is 1.00 bits per heavy atom. The zero-order valence-corrected chi connectivity index (χ0v) is 34.9. The minimum Gasteiger partial charge on any atom is -0.391 e. The standard InChI is InChI=1S/C41H57N7O6S.ClH/c1-24-27(12-10-13-32(24)46-38(52)31(42)19-20-34(43)50)11-8-7-9-14-35(51)47-37(41(4,5)6)40(54)48-22-30(49)21-33(48)39(53)45-25(2)28-15-17-29(18-16-28)36-26(3)44-23-55-36;/h10,12-13,15-18,23,25,30-31,33,37,49H,7-9,11,14,19-22,42H2,1-6H3,(H2,43,50)(H,45,53)(H,46,52)(H,47,51);1H/t25-,30+,31-,33-,37+;/m0./s1. The van der Waals surface area contributed by atoms with Crippen LogP contribution in [0.4, 0.5) is 5.69 Å². The van der Waals surface area contributed by atoms with Crippen LogP contribution in [0.3, 0.4) is 0 Å². The number of unbranched alkanes of at least 4 members (excludes halogenated alkanes) is 2. The van der Waals surface area contributed by atoms with Crippen LogP contribution in [0.1, 0.15) is 101 Å². The summed E-state index contributed by atoms with van der Waals surface area (Å²) in [7, 11) is 0. The first kappa shape index (κ1) is 46.0. The Morgan fingerprint density at radius 2 is 1.70 bits per heavy atom. The van der Waals surface area contributed by atoms with E-state index in [4.69, 9.17) is 11.5 Å². The number of amides is 5. The highest BCUT2D eigenvalue weighted by Crippen LogP contribution is 2.30. The number of benzene rings is 2. The summed E-state index contributed by atoms with van der Waals surface area (Å²) in [5, 5.41) is 19.4. The van der Waals surface area contributed by atoms with Crippen molar-refractivity contribution >= 4 is 59.0 Å². The third kappa shape index (κ3) is 12.6. The number of carbonyl (C=O) groups is 5. The Kier molecular flexibility index (Phi) is 17.0. The Labute approximate surface area is 340 Å². The molecule has 1 aliphatic rings. The topological polar surface area (TPSA) is 210 Å². The Hall–Kier alpha value is -4.37. The van der Waals surface area contributed by atoms with Gasteiger partial charge in [0.25, 0.3) is 0 Å². The van der Waals surface area contributed by atoms with Crippen molar-refractivity contribution in [1.82, 2.24) is 20.5 Å². The second kappa shape index (κ2) is 20.7. The molecule has 2 heterocycles. The lowest BCUT2D eigenvalue weighted by Crippen LogP contribution is -2.57. The van der Waals surface area contributed by atoms with Crippen molar-refractivity contribution in [1.29, 1.82) is 0 Å². The van der Waals surface area contributed by atoms with Gasteiger partial charge in [0, 0.05) is 31.5 Å². The number of β-amino-alcohol motifs (C(OH)–C–C–N with tert-alkyl or cyclic N) is 1. The van der Waals surface area contributed by atoms with Crippen molar-refractivity contribution in [3.63, 3.8) is 0 Å². The summed E-state index contributed by atoms with van der Waals surface area (Å²) in [5.74, 6) is -1.90. The summed E-state index contributed by atoms with van der Waals surface area (Å²) in [6.07, 6.45) is 2.60. The van der Waals surface area contributed by atoms with Crippen LogP contribution in [0, 0.1) is 19.3 Å². The number of primary amides is 1.